The van der Waals surface area contributed by atoms with E-state index in [4.69, 9.17) is 33.7 Å². The lowest BCUT2D eigenvalue weighted by Gasteiger charge is -2.49. The summed E-state index contributed by atoms with van der Waals surface area (Å²) in [6.45, 7) is 16.3. The standard InChI is InChI=1S/C37H67NO13.CHNS/c1-14-25-37(10,45)30(41)20(4)27(39)18(2)16-35(8,44)32(51-34-28(40)24(38(11)12)15-19(3)47-34)21(5)29(22(6)33(43)49-25)50-26-17-36(9,46-13)31(42)23(7)48-26;2-1-3/h18-26,28-32,34,40-42,44-45H,14-17H2,1-13H3;3H/t18-,19-,20+,21+,22-,23+,24+,25-,26+,28+,29+,30-,31+,32-,34+,35-,36-,37-;/m1./s1. The van der Waals surface area contributed by atoms with Crippen LogP contribution in [0.25, 0.3) is 0 Å². The van der Waals surface area contributed by atoms with Gasteiger partial charge in [0.15, 0.2) is 12.6 Å². The van der Waals surface area contributed by atoms with Gasteiger partial charge in [-0.05, 0) is 74.9 Å². The number of ether oxygens (including phenoxy) is 6. The molecule has 0 aromatic rings. The van der Waals surface area contributed by atoms with E-state index in [2.05, 4.69) is 12.6 Å². The average Bonchev–Trinajstić information content (AvgIpc) is 3.09. The van der Waals surface area contributed by atoms with Crippen LogP contribution in [-0.2, 0) is 38.0 Å². The number of cyclic esters (lactones) is 1. The highest BCUT2D eigenvalue weighted by Gasteiger charge is 2.53. The third kappa shape index (κ3) is 11.1. The second-order valence-corrected chi connectivity index (χ2v) is 16.8. The van der Waals surface area contributed by atoms with Gasteiger partial charge in [-0.15, -0.1) is 0 Å². The first-order chi connectivity index (χ1) is 24.8. The van der Waals surface area contributed by atoms with Crippen molar-refractivity contribution in [2.75, 3.05) is 21.2 Å². The van der Waals surface area contributed by atoms with E-state index in [1.165, 1.54) is 33.3 Å². The normalized spacial score (nSPS) is 47.1. The summed E-state index contributed by atoms with van der Waals surface area (Å²) in [5, 5.41) is 66.2. The van der Waals surface area contributed by atoms with E-state index >= 15 is 0 Å². The summed E-state index contributed by atoms with van der Waals surface area (Å²) in [6.07, 6.45) is -9.71. The van der Waals surface area contributed by atoms with Crippen LogP contribution in [0, 0.1) is 34.3 Å². The molecule has 3 fully saturated rings. The van der Waals surface area contributed by atoms with Crippen LogP contribution in [0.1, 0.15) is 94.9 Å². The molecular formula is C38H68N2O13S. The highest BCUT2D eigenvalue weighted by atomic mass is 32.1. The number of aliphatic hydroxyl groups is 5. The molecule has 0 aromatic carbocycles. The Bertz CT molecular complexity index is 1270. The Kier molecular flexibility index (Phi) is 17.9. The van der Waals surface area contributed by atoms with Crippen LogP contribution >= 0.6 is 12.6 Å². The fourth-order valence-corrected chi connectivity index (χ4v) is 8.41. The third-order valence-electron chi connectivity index (χ3n) is 11.8. The molecule has 3 rings (SSSR count). The SMILES string of the molecule is CC[C@H]1OC(=O)[C@H](C)[C@@H](O[C@H]2C[C@@](C)(OC)[C@@H](O)[C@H](C)O2)[C@H](C)[C@@H](O[C@@H]2O[C@H](C)C[C@H](N(C)C)[C@@H]2O)[C@](C)(O)C[C@@H](C)C(=O)[C@H](C)[C@@H](O)[C@]1(C)O.N#CS. The number of thiocyanates is 1. The van der Waals surface area contributed by atoms with Gasteiger partial charge in [0.2, 0.25) is 0 Å². The molecule has 0 aromatic heterocycles. The molecule has 0 unspecified atom stereocenters. The van der Waals surface area contributed by atoms with E-state index in [1.807, 2.05) is 25.9 Å². The molecule has 0 amide bonds. The Hall–Kier alpha value is -1.46. The van der Waals surface area contributed by atoms with Crippen LogP contribution in [0.5, 0.6) is 0 Å². The van der Waals surface area contributed by atoms with Crippen molar-refractivity contribution in [1.82, 2.24) is 4.90 Å². The molecule has 314 valence electrons. The smallest absolute Gasteiger partial charge is 0.311 e. The summed E-state index contributed by atoms with van der Waals surface area (Å²) in [7, 11) is 5.18. The Balaban J connectivity index is 0.00000325. The van der Waals surface area contributed by atoms with Crippen molar-refractivity contribution in [3.63, 3.8) is 0 Å². The Labute approximate surface area is 327 Å². The zero-order valence-corrected chi connectivity index (χ0v) is 35.2. The summed E-state index contributed by atoms with van der Waals surface area (Å²) in [6, 6.07) is -0.324. The van der Waals surface area contributed by atoms with Gasteiger partial charge >= 0.3 is 5.97 Å². The predicted molar refractivity (Wildman–Crippen MR) is 201 cm³/mol. The largest absolute Gasteiger partial charge is 0.459 e. The van der Waals surface area contributed by atoms with Gasteiger partial charge in [0, 0.05) is 37.3 Å². The van der Waals surface area contributed by atoms with Crippen LogP contribution in [0.2, 0.25) is 0 Å². The highest BCUT2D eigenvalue weighted by Crippen LogP contribution is 2.40. The molecule has 3 heterocycles. The topological polar surface area (TPSA) is 218 Å². The molecule has 3 aliphatic rings. The van der Waals surface area contributed by atoms with Crippen molar-refractivity contribution >= 4 is 24.4 Å². The summed E-state index contributed by atoms with van der Waals surface area (Å²) < 4.78 is 37.1. The average molecular weight is 793 g/mol. The predicted octanol–water partition coefficient (Wildman–Crippen LogP) is 2.18. The Morgan fingerprint density at radius 2 is 1.52 bits per heavy atom. The van der Waals surface area contributed by atoms with E-state index < -0.39 is 108 Å². The van der Waals surface area contributed by atoms with Crippen molar-refractivity contribution in [1.29, 1.82) is 5.26 Å². The number of thiol groups is 1. The van der Waals surface area contributed by atoms with Gasteiger partial charge in [0.1, 0.15) is 35.1 Å². The minimum absolute atomic E-state index is 0.0936. The number of nitriles is 1. The first-order valence-corrected chi connectivity index (χ1v) is 19.4. The van der Waals surface area contributed by atoms with Crippen molar-refractivity contribution in [2.24, 2.45) is 23.7 Å². The number of Topliss-reactive ketones (excluding diaryl/α,β-unsaturated/α-hetero) is 1. The van der Waals surface area contributed by atoms with E-state index in [0.717, 1.165) is 0 Å². The lowest BCUT2D eigenvalue weighted by atomic mass is 9.74. The number of ketones is 1. The zero-order chi connectivity index (χ0) is 41.7. The number of carbonyl (C=O) groups excluding carboxylic acids is 2. The maximum absolute atomic E-state index is 14.1. The minimum atomic E-state index is -1.99. The number of rotatable bonds is 7. The van der Waals surface area contributed by atoms with Crippen LogP contribution in [-0.4, -0.2) is 148 Å². The van der Waals surface area contributed by atoms with E-state index in [9.17, 15) is 35.1 Å². The van der Waals surface area contributed by atoms with Crippen LogP contribution in [0.4, 0.5) is 0 Å². The Morgan fingerprint density at radius 1 is 0.944 bits per heavy atom. The van der Waals surface area contributed by atoms with Crippen molar-refractivity contribution in [3.8, 4) is 5.40 Å². The van der Waals surface area contributed by atoms with Gasteiger partial charge in [0.25, 0.3) is 0 Å². The number of hydrogen-bond donors (Lipinski definition) is 6. The van der Waals surface area contributed by atoms with Crippen molar-refractivity contribution in [3.05, 3.63) is 0 Å². The maximum Gasteiger partial charge on any atom is 0.311 e. The van der Waals surface area contributed by atoms with Gasteiger partial charge in [-0.3, -0.25) is 9.59 Å². The second kappa shape index (κ2) is 19.8. The third-order valence-corrected chi connectivity index (χ3v) is 11.8. The molecule has 0 radical (unpaired) electrons. The van der Waals surface area contributed by atoms with Crippen LogP contribution in [0.15, 0.2) is 0 Å². The van der Waals surface area contributed by atoms with Crippen molar-refractivity contribution in [2.45, 2.75) is 179 Å². The van der Waals surface area contributed by atoms with E-state index in [0.29, 0.717) is 6.42 Å². The van der Waals surface area contributed by atoms with Crippen LogP contribution in [0.3, 0.4) is 0 Å². The number of methoxy groups -OCH3 is 1. The molecule has 0 saturated carbocycles. The number of esters is 1. The summed E-state index contributed by atoms with van der Waals surface area (Å²) >= 11 is 3.09. The number of carbonyl (C=O) groups is 2. The van der Waals surface area contributed by atoms with Gasteiger partial charge in [-0.1, -0.05) is 40.3 Å². The molecule has 16 heteroatoms. The van der Waals surface area contributed by atoms with Gasteiger partial charge < -0.3 is 58.9 Å². The number of nitrogens with zero attached hydrogens (tertiary/aromatic N) is 2. The fourth-order valence-electron chi connectivity index (χ4n) is 8.41. The minimum Gasteiger partial charge on any atom is -0.459 e. The molecule has 15 nitrogen and oxygen atoms in total. The van der Waals surface area contributed by atoms with Gasteiger partial charge in [-0.25, -0.2) is 0 Å². The van der Waals surface area contributed by atoms with Crippen molar-refractivity contribution < 1.29 is 63.5 Å². The molecule has 3 aliphatic heterocycles. The molecular weight excluding hydrogens is 724 g/mol. The summed E-state index contributed by atoms with van der Waals surface area (Å²) in [4.78, 5) is 29.8. The molecule has 0 spiro atoms. The zero-order valence-electron chi connectivity index (χ0n) is 34.3. The lowest BCUT2D eigenvalue weighted by Crippen LogP contribution is -2.61. The molecule has 54 heavy (non-hydrogen) atoms. The fraction of sp³-hybridized carbons (Fsp3) is 0.921. The maximum atomic E-state index is 14.1. The number of likely N-dealkylation sites (N-methyl/N-ethyl adjacent to an activating group) is 1. The first-order valence-electron chi connectivity index (χ1n) is 18.9. The molecule has 0 bridgehead atoms. The summed E-state index contributed by atoms with van der Waals surface area (Å²) in [5.41, 5.74) is -4.84. The van der Waals surface area contributed by atoms with E-state index in [-0.39, 0.29) is 31.4 Å². The monoisotopic (exact) mass is 792 g/mol. The van der Waals surface area contributed by atoms with Gasteiger partial charge in [-0.2, -0.15) is 5.26 Å². The quantitative estimate of drug-likeness (QED) is 0.124. The Morgan fingerprint density at radius 3 is 2.04 bits per heavy atom. The molecule has 0 aliphatic carbocycles. The van der Waals surface area contributed by atoms with Crippen LogP contribution < -0.4 is 0 Å². The first kappa shape index (κ1) is 48.7. The molecule has 5 N–H and O–H groups in total. The number of aliphatic hydroxyl groups excluding tert-OH is 3. The van der Waals surface area contributed by atoms with Gasteiger partial charge in [0.05, 0.1) is 47.6 Å². The van der Waals surface area contributed by atoms with E-state index in [1.54, 1.807) is 41.5 Å². The molecule has 3 saturated heterocycles. The summed E-state index contributed by atoms with van der Waals surface area (Å²) in [5.74, 6) is -4.98. The number of hydrogen-bond acceptors (Lipinski definition) is 16. The second-order valence-electron chi connectivity index (χ2n) is 16.6. The lowest BCUT2D eigenvalue weighted by molar-refractivity contribution is -0.318. The molecule has 18 atom stereocenters. The highest BCUT2D eigenvalue weighted by molar-refractivity contribution is 7.85.